The summed E-state index contributed by atoms with van der Waals surface area (Å²) < 4.78 is 9.73. The third kappa shape index (κ3) is 3.06. The van der Waals surface area contributed by atoms with E-state index in [0.717, 1.165) is 32.0 Å². The van der Waals surface area contributed by atoms with E-state index < -0.39 is 0 Å². The van der Waals surface area contributed by atoms with Gasteiger partial charge >= 0.3 is 5.97 Å². The van der Waals surface area contributed by atoms with Crippen LogP contribution >= 0.6 is 0 Å². The Balaban J connectivity index is 2.49. The molecule has 0 spiro atoms. The lowest BCUT2D eigenvalue weighted by atomic mass is 10.3. The van der Waals surface area contributed by atoms with Crippen molar-refractivity contribution in [2.24, 2.45) is 0 Å². The average molecular weight is 185 g/mol. The first kappa shape index (κ1) is 10.1. The van der Waals surface area contributed by atoms with E-state index in [1.54, 1.807) is 0 Å². The van der Waals surface area contributed by atoms with Gasteiger partial charge in [0, 0.05) is 24.9 Å². The van der Waals surface area contributed by atoms with E-state index in [1.807, 2.05) is 6.92 Å². The Kier molecular flexibility index (Phi) is 3.76. The summed E-state index contributed by atoms with van der Waals surface area (Å²) in [5.74, 6) is -0.302. The van der Waals surface area contributed by atoms with Gasteiger partial charge < -0.3 is 14.4 Å². The Morgan fingerprint density at radius 2 is 2.08 bits per heavy atom. The number of hydrogen-bond donors (Lipinski definition) is 0. The summed E-state index contributed by atoms with van der Waals surface area (Å²) in [7, 11) is 1.38. The average Bonchev–Trinajstić information content (AvgIpc) is 2.19. The largest absolute Gasteiger partial charge is 0.466 e. The van der Waals surface area contributed by atoms with E-state index >= 15 is 0 Å². The van der Waals surface area contributed by atoms with Gasteiger partial charge in [-0.25, -0.2) is 4.79 Å². The van der Waals surface area contributed by atoms with Crippen molar-refractivity contribution < 1.29 is 14.3 Å². The third-order valence-electron chi connectivity index (χ3n) is 2.04. The number of carbonyl (C=O) groups is 1. The van der Waals surface area contributed by atoms with Crippen LogP contribution in [0.15, 0.2) is 11.8 Å². The zero-order valence-electron chi connectivity index (χ0n) is 8.08. The molecule has 1 heterocycles. The molecular formula is C9H15NO3. The van der Waals surface area contributed by atoms with Crippen LogP contribution in [0.5, 0.6) is 0 Å². The zero-order valence-corrected chi connectivity index (χ0v) is 8.08. The molecule has 0 saturated carbocycles. The van der Waals surface area contributed by atoms with E-state index in [9.17, 15) is 4.79 Å². The first-order chi connectivity index (χ1) is 6.24. The Morgan fingerprint density at radius 1 is 1.46 bits per heavy atom. The standard InChI is InChI=1S/C9H15NO3/c1-8(7-9(11)12-2)10-3-5-13-6-4-10/h7H,3-6H2,1-2H3/b8-7-. The molecule has 0 atom stereocenters. The molecule has 4 heteroatoms. The number of ether oxygens (including phenoxy) is 2. The van der Waals surface area contributed by atoms with Gasteiger partial charge in [-0.15, -0.1) is 0 Å². The van der Waals surface area contributed by atoms with Crippen molar-refractivity contribution in [3.8, 4) is 0 Å². The highest BCUT2D eigenvalue weighted by molar-refractivity contribution is 5.82. The van der Waals surface area contributed by atoms with Crippen molar-refractivity contribution in [1.82, 2.24) is 4.90 Å². The highest BCUT2D eigenvalue weighted by Crippen LogP contribution is 2.06. The van der Waals surface area contributed by atoms with Crippen molar-refractivity contribution in [3.63, 3.8) is 0 Å². The van der Waals surface area contributed by atoms with Crippen LogP contribution in [0.4, 0.5) is 0 Å². The minimum atomic E-state index is -0.302. The van der Waals surface area contributed by atoms with Gasteiger partial charge in [0.2, 0.25) is 0 Å². The van der Waals surface area contributed by atoms with Crippen LogP contribution in [0.3, 0.4) is 0 Å². The summed E-state index contributed by atoms with van der Waals surface area (Å²) in [5, 5.41) is 0. The van der Waals surface area contributed by atoms with E-state index in [0.29, 0.717) is 0 Å². The number of morpholine rings is 1. The van der Waals surface area contributed by atoms with Gasteiger partial charge in [0.15, 0.2) is 0 Å². The number of rotatable bonds is 2. The van der Waals surface area contributed by atoms with Crippen LogP contribution in [-0.2, 0) is 14.3 Å². The molecule has 0 aromatic rings. The van der Waals surface area contributed by atoms with E-state index in [1.165, 1.54) is 13.2 Å². The molecule has 1 aliphatic heterocycles. The summed E-state index contributed by atoms with van der Waals surface area (Å²) in [5.41, 5.74) is 0.940. The van der Waals surface area contributed by atoms with Crippen LogP contribution < -0.4 is 0 Å². The minimum absolute atomic E-state index is 0.302. The van der Waals surface area contributed by atoms with E-state index in [-0.39, 0.29) is 5.97 Å². The predicted molar refractivity (Wildman–Crippen MR) is 48.2 cm³/mol. The highest BCUT2D eigenvalue weighted by atomic mass is 16.5. The predicted octanol–water partition coefficient (Wildman–Crippen LogP) is 0.395. The molecule has 1 fully saturated rings. The van der Waals surface area contributed by atoms with Crippen molar-refractivity contribution in [1.29, 1.82) is 0 Å². The van der Waals surface area contributed by atoms with Gasteiger partial charge in [-0.1, -0.05) is 0 Å². The minimum Gasteiger partial charge on any atom is -0.466 e. The number of hydrogen-bond acceptors (Lipinski definition) is 4. The summed E-state index contributed by atoms with van der Waals surface area (Å²) in [6, 6.07) is 0. The molecule has 0 aliphatic carbocycles. The summed E-state index contributed by atoms with van der Waals surface area (Å²) in [4.78, 5) is 13.0. The fourth-order valence-corrected chi connectivity index (χ4v) is 1.24. The summed E-state index contributed by atoms with van der Waals surface area (Å²) in [6.07, 6.45) is 1.51. The van der Waals surface area contributed by atoms with Crippen molar-refractivity contribution >= 4 is 5.97 Å². The van der Waals surface area contributed by atoms with Gasteiger partial charge in [-0.2, -0.15) is 0 Å². The summed E-state index contributed by atoms with van der Waals surface area (Å²) in [6.45, 7) is 5.06. The van der Waals surface area contributed by atoms with Crippen molar-refractivity contribution in [2.75, 3.05) is 33.4 Å². The quantitative estimate of drug-likeness (QED) is 0.461. The highest BCUT2D eigenvalue weighted by Gasteiger charge is 2.11. The van der Waals surface area contributed by atoms with E-state index in [2.05, 4.69) is 9.64 Å². The molecule has 1 aliphatic rings. The van der Waals surface area contributed by atoms with Crippen LogP contribution in [0.25, 0.3) is 0 Å². The first-order valence-electron chi connectivity index (χ1n) is 4.33. The molecule has 4 nitrogen and oxygen atoms in total. The van der Waals surface area contributed by atoms with Gasteiger partial charge in [0.05, 0.1) is 20.3 Å². The fraction of sp³-hybridized carbons (Fsp3) is 0.667. The second kappa shape index (κ2) is 4.87. The molecule has 0 bridgehead atoms. The molecule has 74 valence electrons. The van der Waals surface area contributed by atoms with Crippen LogP contribution in [-0.4, -0.2) is 44.3 Å². The maximum atomic E-state index is 10.9. The second-order valence-electron chi connectivity index (χ2n) is 2.91. The lowest BCUT2D eigenvalue weighted by Crippen LogP contribution is -2.35. The number of nitrogens with zero attached hydrogens (tertiary/aromatic N) is 1. The fourth-order valence-electron chi connectivity index (χ4n) is 1.24. The van der Waals surface area contributed by atoms with Gasteiger partial charge in [0.1, 0.15) is 0 Å². The molecule has 13 heavy (non-hydrogen) atoms. The van der Waals surface area contributed by atoms with E-state index in [4.69, 9.17) is 4.74 Å². The number of esters is 1. The monoisotopic (exact) mass is 185 g/mol. The van der Waals surface area contributed by atoms with Crippen molar-refractivity contribution in [3.05, 3.63) is 11.8 Å². The maximum absolute atomic E-state index is 10.9. The van der Waals surface area contributed by atoms with Gasteiger partial charge in [-0.05, 0) is 6.92 Å². The lowest BCUT2D eigenvalue weighted by Gasteiger charge is -2.29. The Bertz CT molecular complexity index is 207. The van der Waals surface area contributed by atoms with Crippen molar-refractivity contribution in [2.45, 2.75) is 6.92 Å². The topological polar surface area (TPSA) is 38.8 Å². The second-order valence-corrected chi connectivity index (χ2v) is 2.91. The SMILES string of the molecule is COC(=O)/C=C(/C)N1CCOCC1. The first-order valence-corrected chi connectivity index (χ1v) is 4.33. The van der Waals surface area contributed by atoms with Gasteiger partial charge in [-0.3, -0.25) is 0 Å². The Labute approximate surface area is 78.1 Å². The molecule has 0 amide bonds. The molecule has 0 aromatic heterocycles. The smallest absolute Gasteiger partial charge is 0.332 e. The normalized spacial score (nSPS) is 18.6. The Morgan fingerprint density at radius 3 is 2.62 bits per heavy atom. The van der Waals surface area contributed by atoms with Crippen LogP contribution in [0, 0.1) is 0 Å². The number of carbonyl (C=O) groups excluding carboxylic acids is 1. The lowest BCUT2D eigenvalue weighted by molar-refractivity contribution is -0.135. The third-order valence-corrected chi connectivity index (χ3v) is 2.04. The maximum Gasteiger partial charge on any atom is 0.332 e. The zero-order chi connectivity index (χ0) is 9.68. The molecule has 0 aromatic carbocycles. The molecule has 1 saturated heterocycles. The number of methoxy groups -OCH3 is 1. The van der Waals surface area contributed by atoms with Gasteiger partial charge in [0.25, 0.3) is 0 Å². The molecule has 0 N–H and O–H groups in total. The molecule has 0 unspecified atom stereocenters. The summed E-state index contributed by atoms with van der Waals surface area (Å²) >= 11 is 0. The molecule has 0 radical (unpaired) electrons. The molecular weight excluding hydrogens is 170 g/mol. The number of allylic oxidation sites excluding steroid dienone is 1. The van der Waals surface area contributed by atoms with Crippen LogP contribution in [0.1, 0.15) is 6.92 Å². The Hall–Kier alpha value is -1.03. The molecule has 1 rings (SSSR count). The van der Waals surface area contributed by atoms with Crippen LogP contribution in [0.2, 0.25) is 0 Å².